The van der Waals surface area contributed by atoms with Gasteiger partial charge in [0, 0.05) is 12.3 Å². The molecule has 1 aromatic carbocycles. The molecule has 0 bridgehead atoms. The van der Waals surface area contributed by atoms with Crippen LogP contribution < -0.4 is 5.32 Å². The Morgan fingerprint density at radius 2 is 2.06 bits per heavy atom. The quantitative estimate of drug-likeness (QED) is 0.906. The summed E-state index contributed by atoms with van der Waals surface area (Å²) in [6.07, 6.45) is 2.13. The van der Waals surface area contributed by atoms with Gasteiger partial charge in [-0.15, -0.1) is 0 Å². The lowest BCUT2D eigenvalue weighted by Crippen LogP contribution is -2.14. The van der Waals surface area contributed by atoms with Gasteiger partial charge in [0.05, 0.1) is 15.6 Å². The van der Waals surface area contributed by atoms with Crippen LogP contribution in [0.5, 0.6) is 0 Å². The van der Waals surface area contributed by atoms with Crippen LogP contribution in [0.25, 0.3) is 0 Å². The van der Waals surface area contributed by atoms with Crippen molar-refractivity contribution >= 4 is 27.1 Å². The minimum atomic E-state index is -3.18. The monoisotopic (exact) mass is 261 g/mol. The van der Waals surface area contributed by atoms with Crippen LogP contribution in [-0.4, -0.2) is 20.7 Å². The number of halogens is 1. The topological polar surface area (TPSA) is 46.2 Å². The van der Waals surface area contributed by atoms with Crippen molar-refractivity contribution in [3.63, 3.8) is 0 Å². The number of sulfone groups is 1. The van der Waals surface area contributed by atoms with Gasteiger partial charge in [-0.25, -0.2) is 8.42 Å². The third-order valence-electron chi connectivity index (χ3n) is 2.38. The highest BCUT2D eigenvalue weighted by Gasteiger charge is 2.11. The number of benzene rings is 1. The van der Waals surface area contributed by atoms with E-state index in [9.17, 15) is 8.42 Å². The Morgan fingerprint density at radius 3 is 2.56 bits per heavy atom. The minimum Gasteiger partial charge on any atom is -0.381 e. The molecular formula is C11H16ClNO2S. The largest absolute Gasteiger partial charge is 0.381 e. The van der Waals surface area contributed by atoms with Crippen LogP contribution in [0.4, 0.5) is 5.69 Å². The predicted molar refractivity (Wildman–Crippen MR) is 67.9 cm³/mol. The third kappa shape index (κ3) is 3.39. The molecule has 0 radical (unpaired) electrons. The summed E-state index contributed by atoms with van der Waals surface area (Å²) in [7, 11) is -3.18. The molecule has 1 unspecified atom stereocenters. The summed E-state index contributed by atoms with van der Waals surface area (Å²) >= 11 is 5.99. The summed E-state index contributed by atoms with van der Waals surface area (Å²) in [4.78, 5) is 0.280. The first-order valence-electron chi connectivity index (χ1n) is 5.10. The Bertz CT molecular complexity index is 471. The van der Waals surface area contributed by atoms with E-state index < -0.39 is 9.84 Å². The standard InChI is InChI=1S/C11H16ClNO2S/c1-4-8(2)13-11-7-9(16(3,14)15)5-6-10(11)12/h5-8,13H,4H2,1-3H3. The molecule has 1 N–H and O–H groups in total. The minimum absolute atomic E-state index is 0.257. The lowest BCUT2D eigenvalue weighted by molar-refractivity contribution is 0.602. The molecule has 0 heterocycles. The number of hydrogen-bond acceptors (Lipinski definition) is 3. The molecule has 3 nitrogen and oxygen atoms in total. The average Bonchev–Trinajstić information content (AvgIpc) is 2.19. The van der Waals surface area contributed by atoms with Crippen LogP contribution in [0.3, 0.4) is 0 Å². The van der Waals surface area contributed by atoms with Crippen molar-refractivity contribution in [1.82, 2.24) is 0 Å². The van der Waals surface area contributed by atoms with E-state index in [4.69, 9.17) is 11.6 Å². The molecule has 1 aromatic rings. The zero-order valence-corrected chi connectivity index (χ0v) is 11.2. The van der Waals surface area contributed by atoms with Crippen LogP contribution >= 0.6 is 11.6 Å². The van der Waals surface area contributed by atoms with Crippen LogP contribution in [0.1, 0.15) is 20.3 Å². The van der Waals surface area contributed by atoms with Gasteiger partial charge in [0.2, 0.25) is 0 Å². The van der Waals surface area contributed by atoms with E-state index >= 15 is 0 Å². The smallest absolute Gasteiger partial charge is 0.175 e. The van der Waals surface area contributed by atoms with Gasteiger partial charge in [-0.1, -0.05) is 18.5 Å². The van der Waals surface area contributed by atoms with Gasteiger partial charge in [0.15, 0.2) is 9.84 Å². The molecule has 1 rings (SSSR count). The Morgan fingerprint density at radius 1 is 1.44 bits per heavy atom. The van der Waals surface area contributed by atoms with Gasteiger partial charge in [-0.05, 0) is 31.5 Å². The van der Waals surface area contributed by atoms with E-state index in [0.717, 1.165) is 6.42 Å². The Labute approximate surface area is 102 Å². The molecule has 0 aromatic heterocycles. The molecule has 0 aliphatic rings. The second-order valence-corrected chi connectivity index (χ2v) is 6.29. The van der Waals surface area contributed by atoms with Gasteiger partial charge in [-0.3, -0.25) is 0 Å². The van der Waals surface area contributed by atoms with Gasteiger partial charge < -0.3 is 5.32 Å². The maximum Gasteiger partial charge on any atom is 0.175 e. The number of anilines is 1. The van der Waals surface area contributed by atoms with Gasteiger partial charge in [0.25, 0.3) is 0 Å². The maximum atomic E-state index is 11.4. The van der Waals surface area contributed by atoms with E-state index in [1.54, 1.807) is 12.1 Å². The fourth-order valence-electron chi connectivity index (χ4n) is 1.21. The van der Waals surface area contributed by atoms with Crippen molar-refractivity contribution in [2.45, 2.75) is 31.2 Å². The van der Waals surface area contributed by atoms with E-state index in [-0.39, 0.29) is 10.9 Å². The molecular weight excluding hydrogens is 246 g/mol. The predicted octanol–water partition coefficient (Wildman–Crippen LogP) is 2.95. The van der Waals surface area contributed by atoms with E-state index in [0.29, 0.717) is 10.7 Å². The fraction of sp³-hybridized carbons (Fsp3) is 0.455. The van der Waals surface area contributed by atoms with E-state index in [1.807, 2.05) is 13.8 Å². The third-order valence-corrected chi connectivity index (χ3v) is 3.82. The van der Waals surface area contributed by atoms with Crippen molar-refractivity contribution < 1.29 is 8.42 Å². The van der Waals surface area contributed by atoms with Crippen molar-refractivity contribution in [3.8, 4) is 0 Å². The van der Waals surface area contributed by atoms with Crippen molar-refractivity contribution in [2.24, 2.45) is 0 Å². The zero-order valence-electron chi connectivity index (χ0n) is 9.62. The first-order valence-corrected chi connectivity index (χ1v) is 7.37. The van der Waals surface area contributed by atoms with Crippen LogP contribution in [0.2, 0.25) is 5.02 Å². The Hall–Kier alpha value is -0.740. The number of nitrogens with one attached hydrogen (secondary N) is 1. The second kappa shape index (κ2) is 5.06. The van der Waals surface area contributed by atoms with Crippen LogP contribution in [0, 0.1) is 0 Å². The Kier molecular flexibility index (Phi) is 4.21. The highest BCUT2D eigenvalue weighted by Crippen LogP contribution is 2.26. The lowest BCUT2D eigenvalue weighted by Gasteiger charge is -2.15. The fourth-order valence-corrected chi connectivity index (χ4v) is 2.03. The lowest BCUT2D eigenvalue weighted by atomic mass is 10.2. The summed E-state index contributed by atoms with van der Waals surface area (Å²) in [6.45, 7) is 4.06. The zero-order chi connectivity index (χ0) is 12.3. The van der Waals surface area contributed by atoms with Gasteiger partial charge in [-0.2, -0.15) is 0 Å². The summed E-state index contributed by atoms with van der Waals surface area (Å²) < 4.78 is 22.8. The summed E-state index contributed by atoms with van der Waals surface area (Å²) in [5, 5.41) is 3.71. The molecule has 0 spiro atoms. The highest BCUT2D eigenvalue weighted by atomic mass is 35.5. The first kappa shape index (κ1) is 13.3. The molecule has 1 atom stereocenters. The molecule has 0 fully saturated rings. The molecule has 0 saturated heterocycles. The molecule has 16 heavy (non-hydrogen) atoms. The van der Waals surface area contributed by atoms with Crippen LogP contribution in [0.15, 0.2) is 23.1 Å². The van der Waals surface area contributed by atoms with Crippen molar-refractivity contribution in [2.75, 3.05) is 11.6 Å². The molecule has 5 heteroatoms. The maximum absolute atomic E-state index is 11.4. The summed E-state index contributed by atoms with van der Waals surface area (Å²) in [5.74, 6) is 0. The van der Waals surface area contributed by atoms with Gasteiger partial charge in [0.1, 0.15) is 0 Å². The summed E-state index contributed by atoms with van der Waals surface area (Å²) in [6, 6.07) is 4.94. The molecule has 0 saturated carbocycles. The SMILES string of the molecule is CCC(C)Nc1cc(S(C)(=O)=O)ccc1Cl. The van der Waals surface area contributed by atoms with E-state index in [2.05, 4.69) is 5.32 Å². The summed E-state index contributed by atoms with van der Waals surface area (Å²) in [5.41, 5.74) is 0.666. The number of hydrogen-bond donors (Lipinski definition) is 1. The van der Waals surface area contributed by atoms with Crippen molar-refractivity contribution in [3.05, 3.63) is 23.2 Å². The highest BCUT2D eigenvalue weighted by molar-refractivity contribution is 7.90. The average molecular weight is 262 g/mol. The molecule has 0 amide bonds. The van der Waals surface area contributed by atoms with Gasteiger partial charge >= 0.3 is 0 Å². The first-order chi connectivity index (χ1) is 7.34. The number of rotatable bonds is 4. The van der Waals surface area contributed by atoms with Crippen LogP contribution in [-0.2, 0) is 9.84 Å². The normalized spacial score (nSPS) is 13.5. The molecule has 0 aliphatic carbocycles. The van der Waals surface area contributed by atoms with Crippen molar-refractivity contribution in [1.29, 1.82) is 0 Å². The second-order valence-electron chi connectivity index (χ2n) is 3.87. The molecule has 90 valence electrons. The Balaban J connectivity index is 3.09. The van der Waals surface area contributed by atoms with E-state index in [1.165, 1.54) is 12.3 Å². The molecule has 0 aliphatic heterocycles.